The number of hydrogen-bond donors (Lipinski definition) is 1. The molecule has 0 fully saturated rings. The van der Waals surface area contributed by atoms with Gasteiger partial charge in [-0.05, 0) is 6.07 Å². The predicted octanol–water partition coefficient (Wildman–Crippen LogP) is 2.18. The molecular weight excluding hydrogens is 258 g/mol. The second-order valence-corrected chi connectivity index (χ2v) is 4.12. The van der Waals surface area contributed by atoms with Gasteiger partial charge in [0.2, 0.25) is 0 Å². The van der Waals surface area contributed by atoms with Crippen molar-refractivity contribution >= 4 is 17.3 Å². The SMILES string of the molecule is O=[N+]([O-])c1cnn(CC(O)c2ccccc2Cl)c1. The smallest absolute Gasteiger partial charge is 0.306 e. The highest BCUT2D eigenvalue weighted by Crippen LogP contribution is 2.23. The zero-order chi connectivity index (χ0) is 13.1. The maximum absolute atomic E-state index is 10.5. The number of aliphatic hydroxyl groups is 1. The lowest BCUT2D eigenvalue weighted by Crippen LogP contribution is -2.09. The fraction of sp³-hybridized carbons (Fsp3) is 0.182. The van der Waals surface area contributed by atoms with Crippen LogP contribution in [0.25, 0.3) is 0 Å². The third-order valence-corrected chi connectivity index (χ3v) is 2.80. The van der Waals surface area contributed by atoms with Crippen molar-refractivity contribution in [3.05, 3.63) is 57.4 Å². The van der Waals surface area contributed by atoms with Gasteiger partial charge in [-0.25, -0.2) is 0 Å². The molecule has 0 radical (unpaired) electrons. The summed E-state index contributed by atoms with van der Waals surface area (Å²) in [4.78, 5) is 9.96. The van der Waals surface area contributed by atoms with Crippen LogP contribution in [0, 0.1) is 10.1 Å². The van der Waals surface area contributed by atoms with Crippen LogP contribution in [0.3, 0.4) is 0 Å². The van der Waals surface area contributed by atoms with Gasteiger partial charge in [0.15, 0.2) is 0 Å². The molecule has 1 aromatic carbocycles. The maximum Gasteiger partial charge on any atom is 0.306 e. The van der Waals surface area contributed by atoms with Gasteiger partial charge < -0.3 is 5.11 Å². The van der Waals surface area contributed by atoms with Crippen molar-refractivity contribution in [3.8, 4) is 0 Å². The molecule has 1 N–H and O–H groups in total. The average Bonchev–Trinajstić information content (AvgIpc) is 2.78. The lowest BCUT2D eigenvalue weighted by molar-refractivity contribution is -0.385. The summed E-state index contributed by atoms with van der Waals surface area (Å²) in [5, 5.41) is 24.7. The van der Waals surface area contributed by atoms with Crippen LogP contribution in [0.5, 0.6) is 0 Å². The normalized spacial score (nSPS) is 12.3. The molecule has 1 atom stereocenters. The molecule has 0 aliphatic heterocycles. The Labute approximate surface area is 108 Å². The van der Waals surface area contributed by atoms with Gasteiger partial charge in [-0.15, -0.1) is 0 Å². The molecule has 7 heteroatoms. The van der Waals surface area contributed by atoms with Crippen molar-refractivity contribution in [1.29, 1.82) is 0 Å². The zero-order valence-corrected chi connectivity index (χ0v) is 9.99. The topological polar surface area (TPSA) is 81.2 Å². The van der Waals surface area contributed by atoms with Gasteiger partial charge in [-0.1, -0.05) is 29.8 Å². The molecule has 6 nitrogen and oxygen atoms in total. The lowest BCUT2D eigenvalue weighted by atomic mass is 10.1. The molecule has 0 amide bonds. The van der Waals surface area contributed by atoms with Crippen molar-refractivity contribution in [2.75, 3.05) is 0 Å². The minimum Gasteiger partial charge on any atom is -0.386 e. The van der Waals surface area contributed by atoms with Gasteiger partial charge in [-0.3, -0.25) is 14.8 Å². The Bertz CT molecular complexity index is 570. The lowest BCUT2D eigenvalue weighted by Gasteiger charge is -2.12. The predicted molar refractivity (Wildman–Crippen MR) is 65.3 cm³/mol. The van der Waals surface area contributed by atoms with Crippen LogP contribution >= 0.6 is 11.6 Å². The van der Waals surface area contributed by atoms with Gasteiger partial charge >= 0.3 is 5.69 Å². The third-order valence-electron chi connectivity index (χ3n) is 2.45. The maximum atomic E-state index is 10.5. The molecule has 0 saturated heterocycles. The van der Waals surface area contributed by atoms with E-state index in [1.807, 2.05) is 0 Å². The van der Waals surface area contributed by atoms with E-state index in [0.717, 1.165) is 6.20 Å². The Kier molecular flexibility index (Phi) is 3.59. The highest BCUT2D eigenvalue weighted by atomic mass is 35.5. The number of nitrogens with zero attached hydrogens (tertiary/aromatic N) is 3. The van der Waals surface area contributed by atoms with Gasteiger partial charge in [0.05, 0.1) is 17.6 Å². The van der Waals surface area contributed by atoms with Crippen LogP contribution in [-0.2, 0) is 6.54 Å². The molecule has 0 saturated carbocycles. The summed E-state index contributed by atoms with van der Waals surface area (Å²) in [6.07, 6.45) is 1.54. The summed E-state index contributed by atoms with van der Waals surface area (Å²) in [7, 11) is 0. The molecular formula is C11H10ClN3O3. The molecule has 94 valence electrons. The number of aromatic nitrogens is 2. The van der Waals surface area contributed by atoms with Crippen molar-refractivity contribution < 1.29 is 10.0 Å². The summed E-state index contributed by atoms with van der Waals surface area (Å²) >= 11 is 5.94. The van der Waals surface area contributed by atoms with Crippen LogP contribution in [0.15, 0.2) is 36.7 Å². The molecule has 1 heterocycles. The van der Waals surface area contributed by atoms with E-state index in [2.05, 4.69) is 5.10 Å². The van der Waals surface area contributed by atoms with Crippen LogP contribution in [-0.4, -0.2) is 19.8 Å². The molecule has 2 rings (SSSR count). The first kappa shape index (κ1) is 12.5. The third kappa shape index (κ3) is 2.66. The summed E-state index contributed by atoms with van der Waals surface area (Å²) in [5.74, 6) is 0. The Morgan fingerprint density at radius 3 is 2.83 bits per heavy atom. The highest BCUT2D eigenvalue weighted by Gasteiger charge is 2.14. The molecule has 1 unspecified atom stereocenters. The highest BCUT2D eigenvalue weighted by molar-refractivity contribution is 6.31. The fourth-order valence-electron chi connectivity index (χ4n) is 1.57. The van der Waals surface area contributed by atoms with Crippen molar-refractivity contribution in [2.45, 2.75) is 12.6 Å². The molecule has 0 aliphatic rings. The van der Waals surface area contributed by atoms with Gasteiger partial charge in [0.1, 0.15) is 12.4 Å². The van der Waals surface area contributed by atoms with Crippen LogP contribution in [0.1, 0.15) is 11.7 Å². The average molecular weight is 268 g/mol. The Morgan fingerprint density at radius 1 is 1.50 bits per heavy atom. The van der Waals surface area contributed by atoms with Crippen LogP contribution in [0.2, 0.25) is 5.02 Å². The first-order valence-electron chi connectivity index (χ1n) is 5.17. The number of nitro groups is 1. The quantitative estimate of drug-likeness (QED) is 0.680. The van der Waals surface area contributed by atoms with E-state index < -0.39 is 11.0 Å². The molecule has 0 aliphatic carbocycles. The first-order valence-corrected chi connectivity index (χ1v) is 5.55. The van der Waals surface area contributed by atoms with E-state index in [9.17, 15) is 15.2 Å². The number of hydrogen-bond acceptors (Lipinski definition) is 4. The number of aliphatic hydroxyl groups excluding tert-OH is 1. The second kappa shape index (κ2) is 5.16. The van der Waals surface area contributed by atoms with E-state index in [1.165, 1.54) is 10.9 Å². The Balaban J connectivity index is 2.13. The summed E-state index contributed by atoms with van der Waals surface area (Å²) in [6.45, 7) is 0.109. The van der Waals surface area contributed by atoms with Gasteiger partial charge in [0, 0.05) is 10.6 Å². The molecule has 1 aromatic heterocycles. The van der Waals surface area contributed by atoms with E-state index >= 15 is 0 Å². The molecule has 2 aromatic rings. The summed E-state index contributed by atoms with van der Waals surface area (Å²) < 4.78 is 1.31. The Morgan fingerprint density at radius 2 is 2.22 bits per heavy atom. The van der Waals surface area contributed by atoms with Crippen molar-refractivity contribution in [1.82, 2.24) is 9.78 Å². The minimum atomic E-state index is -0.863. The van der Waals surface area contributed by atoms with Crippen molar-refractivity contribution in [2.24, 2.45) is 0 Å². The summed E-state index contributed by atoms with van der Waals surface area (Å²) in [5.41, 5.74) is 0.457. The molecule has 0 bridgehead atoms. The standard InChI is InChI=1S/C11H10ClN3O3/c12-10-4-2-1-3-9(10)11(16)7-14-6-8(5-13-14)15(17)18/h1-6,11,16H,7H2. The number of halogens is 1. The number of benzene rings is 1. The van der Waals surface area contributed by atoms with Crippen molar-refractivity contribution in [3.63, 3.8) is 0 Å². The summed E-state index contributed by atoms with van der Waals surface area (Å²) in [6, 6.07) is 6.89. The molecule has 0 spiro atoms. The van der Waals surface area contributed by atoms with Gasteiger partial charge in [-0.2, -0.15) is 5.10 Å². The van der Waals surface area contributed by atoms with E-state index in [1.54, 1.807) is 24.3 Å². The minimum absolute atomic E-state index is 0.109. The molecule has 18 heavy (non-hydrogen) atoms. The second-order valence-electron chi connectivity index (χ2n) is 3.71. The Hall–Kier alpha value is -1.92. The van der Waals surface area contributed by atoms with E-state index in [0.29, 0.717) is 10.6 Å². The largest absolute Gasteiger partial charge is 0.386 e. The van der Waals surface area contributed by atoms with Crippen LogP contribution < -0.4 is 0 Å². The van der Waals surface area contributed by atoms with Gasteiger partial charge in [0.25, 0.3) is 0 Å². The van der Waals surface area contributed by atoms with E-state index in [-0.39, 0.29) is 12.2 Å². The first-order chi connectivity index (χ1) is 8.58. The fourth-order valence-corrected chi connectivity index (χ4v) is 1.83. The van der Waals surface area contributed by atoms with E-state index in [4.69, 9.17) is 11.6 Å². The van der Waals surface area contributed by atoms with Crippen LogP contribution in [0.4, 0.5) is 5.69 Å². The zero-order valence-electron chi connectivity index (χ0n) is 9.23. The monoisotopic (exact) mass is 267 g/mol. The number of rotatable bonds is 4.